The van der Waals surface area contributed by atoms with Gasteiger partial charge in [-0.15, -0.1) is 0 Å². The number of amides is 1. The van der Waals surface area contributed by atoms with Crippen molar-refractivity contribution in [1.82, 2.24) is 5.32 Å². The summed E-state index contributed by atoms with van der Waals surface area (Å²) < 4.78 is 10.5. The lowest BCUT2D eigenvalue weighted by molar-refractivity contribution is -0.122. The summed E-state index contributed by atoms with van der Waals surface area (Å²) in [5.41, 5.74) is 6.73. The molecule has 0 aliphatic carbocycles. The van der Waals surface area contributed by atoms with Crippen LogP contribution in [-0.2, 0) is 20.7 Å². The zero-order valence-corrected chi connectivity index (χ0v) is 11.5. The van der Waals surface area contributed by atoms with E-state index in [2.05, 4.69) is 17.4 Å². The second kappa shape index (κ2) is 6.96. The molecule has 1 aromatic carbocycles. The van der Waals surface area contributed by atoms with E-state index >= 15 is 0 Å². The molecule has 3 N–H and O–H groups in total. The predicted molar refractivity (Wildman–Crippen MR) is 75.4 cm³/mol. The lowest BCUT2D eigenvalue weighted by Crippen LogP contribution is -2.41. The summed E-state index contributed by atoms with van der Waals surface area (Å²) in [5.74, 6) is 0.643. The Morgan fingerprint density at radius 3 is 2.75 bits per heavy atom. The zero-order chi connectivity index (χ0) is 14.4. The summed E-state index contributed by atoms with van der Waals surface area (Å²) in [5, 5.41) is 2.84. The Hall–Kier alpha value is -2.01. The standard InChI is InChI=1S/C15H20N2O3/c1-11(16)15(18)17-8-13(14-9-19-10-20-14)7-12-5-3-2-4-6-12/h2-6,9,11,13H,7-8,10,16H2,1H3,(H,17,18)/t11-,13?/m0/s1. The predicted octanol–water partition coefficient (Wildman–Crippen LogP) is 1.15. The fourth-order valence-corrected chi connectivity index (χ4v) is 2.02. The summed E-state index contributed by atoms with van der Waals surface area (Å²) in [6.07, 6.45) is 2.39. The Kier molecular flexibility index (Phi) is 5.01. The average molecular weight is 276 g/mol. The second-order valence-corrected chi connectivity index (χ2v) is 4.87. The van der Waals surface area contributed by atoms with Crippen LogP contribution in [-0.4, -0.2) is 25.3 Å². The van der Waals surface area contributed by atoms with Crippen molar-refractivity contribution in [3.05, 3.63) is 47.9 Å². The number of carbonyl (C=O) groups excluding carboxylic acids is 1. The number of hydrogen-bond acceptors (Lipinski definition) is 4. The molecule has 1 amide bonds. The Labute approximate surface area is 118 Å². The largest absolute Gasteiger partial charge is 0.462 e. The molecule has 20 heavy (non-hydrogen) atoms. The van der Waals surface area contributed by atoms with Crippen LogP contribution in [0.4, 0.5) is 0 Å². The lowest BCUT2D eigenvalue weighted by Gasteiger charge is -2.18. The van der Waals surface area contributed by atoms with Crippen molar-refractivity contribution in [2.75, 3.05) is 13.3 Å². The van der Waals surface area contributed by atoms with Crippen LogP contribution in [0.5, 0.6) is 0 Å². The summed E-state index contributed by atoms with van der Waals surface area (Å²) in [7, 11) is 0. The fourth-order valence-electron chi connectivity index (χ4n) is 2.02. The van der Waals surface area contributed by atoms with Gasteiger partial charge in [0.15, 0.2) is 0 Å². The SMILES string of the molecule is C[C@H](N)C(=O)NCC(Cc1ccccc1)C1=COCO1. The van der Waals surface area contributed by atoms with Gasteiger partial charge in [-0.1, -0.05) is 30.3 Å². The highest BCUT2D eigenvalue weighted by Gasteiger charge is 2.21. The summed E-state index contributed by atoms with van der Waals surface area (Å²) in [6.45, 7) is 2.38. The third kappa shape index (κ3) is 3.99. The van der Waals surface area contributed by atoms with Gasteiger partial charge in [-0.3, -0.25) is 4.79 Å². The molecule has 0 saturated carbocycles. The molecular weight excluding hydrogens is 256 g/mol. The molecule has 0 aromatic heterocycles. The van der Waals surface area contributed by atoms with Gasteiger partial charge in [-0.2, -0.15) is 0 Å². The summed E-state index contributed by atoms with van der Waals surface area (Å²) in [6, 6.07) is 9.56. The van der Waals surface area contributed by atoms with Gasteiger partial charge in [-0.25, -0.2) is 0 Å². The third-order valence-electron chi connectivity index (χ3n) is 3.16. The molecule has 0 spiro atoms. The molecule has 0 radical (unpaired) electrons. The molecular formula is C15H20N2O3. The van der Waals surface area contributed by atoms with E-state index in [1.165, 1.54) is 5.56 Å². The Bertz CT molecular complexity index is 471. The van der Waals surface area contributed by atoms with E-state index in [1.54, 1.807) is 13.2 Å². The van der Waals surface area contributed by atoms with E-state index in [9.17, 15) is 4.79 Å². The van der Waals surface area contributed by atoms with E-state index in [0.717, 1.165) is 12.2 Å². The first-order valence-electron chi connectivity index (χ1n) is 6.68. The van der Waals surface area contributed by atoms with E-state index in [1.807, 2.05) is 18.2 Å². The highest BCUT2D eigenvalue weighted by molar-refractivity contribution is 5.80. The van der Waals surface area contributed by atoms with Crippen molar-refractivity contribution in [2.24, 2.45) is 11.7 Å². The van der Waals surface area contributed by atoms with Gasteiger partial charge in [0.05, 0.1) is 6.04 Å². The topological polar surface area (TPSA) is 73.6 Å². The first kappa shape index (κ1) is 14.4. The minimum absolute atomic E-state index is 0.0441. The van der Waals surface area contributed by atoms with Gasteiger partial charge in [0.25, 0.3) is 0 Å². The zero-order valence-electron chi connectivity index (χ0n) is 11.5. The molecule has 5 heteroatoms. The lowest BCUT2D eigenvalue weighted by atomic mass is 9.97. The number of benzene rings is 1. The summed E-state index contributed by atoms with van der Waals surface area (Å²) in [4.78, 5) is 11.6. The molecule has 1 aliphatic rings. The van der Waals surface area contributed by atoms with Crippen LogP contribution in [0.2, 0.25) is 0 Å². The van der Waals surface area contributed by atoms with Crippen LogP contribution >= 0.6 is 0 Å². The molecule has 0 bridgehead atoms. The highest BCUT2D eigenvalue weighted by atomic mass is 16.7. The molecule has 1 aromatic rings. The van der Waals surface area contributed by atoms with Gasteiger partial charge in [0.2, 0.25) is 12.7 Å². The molecule has 5 nitrogen and oxygen atoms in total. The maximum absolute atomic E-state index is 11.6. The number of nitrogens with two attached hydrogens (primary N) is 1. The third-order valence-corrected chi connectivity index (χ3v) is 3.16. The normalized spacial score (nSPS) is 16.6. The van der Waals surface area contributed by atoms with E-state index < -0.39 is 6.04 Å². The first-order chi connectivity index (χ1) is 9.66. The minimum Gasteiger partial charge on any atom is -0.462 e. The van der Waals surface area contributed by atoms with Crippen LogP contribution in [0, 0.1) is 5.92 Å². The number of rotatable bonds is 6. The number of ether oxygens (including phenoxy) is 2. The van der Waals surface area contributed by atoms with E-state index in [4.69, 9.17) is 15.2 Å². The van der Waals surface area contributed by atoms with Crippen molar-refractivity contribution in [3.8, 4) is 0 Å². The van der Waals surface area contributed by atoms with Gasteiger partial charge in [0, 0.05) is 12.5 Å². The second-order valence-electron chi connectivity index (χ2n) is 4.87. The van der Waals surface area contributed by atoms with Crippen molar-refractivity contribution >= 4 is 5.91 Å². The van der Waals surface area contributed by atoms with Crippen LogP contribution in [0.15, 0.2) is 42.4 Å². The Morgan fingerprint density at radius 1 is 1.40 bits per heavy atom. The molecule has 108 valence electrons. The molecule has 1 unspecified atom stereocenters. The highest BCUT2D eigenvalue weighted by Crippen LogP contribution is 2.21. The number of carbonyl (C=O) groups is 1. The van der Waals surface area contributed by atoms with Crippen molar-refractivity contribution in [3.63, 3.8) is 0 Å². The minimum atomic E-state index is -0.512. The molecule has 1 heterocycles. The number of hydrogen-bond donors (Lipinski definition) is 2. The maximum Gasteiger partial charge on any atom is 0.236 e. The smallest absolute Gasteiger partial charge is 0.236 e. The summed E-state index contributed by atoms with van der Waals surface area (Å²) >= 11 is 0. The first-order valence-corrected chi connectivity index (χ1v) is 6.68. The van der Waals surface area contributed by atoms with Gasteiger partial charge in [0.1, 0.15) is 12.0 Å². The molecule has 2 rings (SSSR count). The van der Waals surface area contributed by atoms with Crippen LogP contribution < -0.4 is 11.1 Å². The van der Waals surface area contributed by atoms with Crippen molar-refractivity contribution in [2.45, 2.75) is 19.4 Å². The fraction of sp³-hybridized carbons (Fsp3) is 0.400. The number of nitrogens with one attached hydrogen (secondary N) is 1. The molecule has 0 fully saturated rings. The van der Waals surface area contributed by atoms with Crippen molar-refractivity contribution < 1.29 is 14.3 Å². The molecule has 1 aliphatic heterocycles. The van der Waals surface area contributed by atoms with Crippen LogP contribution in [0.25, 0.3) is 0 Å². The quantitative estimate of drug-likeness (QED) is 0.817. The van der Waals surface area contributed by atoms with Gasteiger partial charge in [-0.05, 0) is 18.9 Å². The van der Waals surface area contributed by atoms with E-state index in [0.29, 0.717) is 6.54 Å². The van der Waals surface area contributed by atoms with Crippen molar-refractivity contribution in [1.29, 1.82) is 0 Å². The average Bonchev–Trinajstić information content (AvgIpc) is 2.98. The monoisotopic (exact) mass is 276 g/mol. The molecule has 2 atom stereocenters. The van der Waals surface area contributed by atoms with Gasteiger partial charge < -0.3 is 20.5 Å². The Balaban J connectivity index is 1.99. The van der Waals surface area contributed by atoms with Crippen LogP contribution in [0.3, 0.4) is 0 Å². The van der Waals surface area contributed by atoms with Crippen LogP contribution in [0.1, 0.15) is 12.5 Å². The van der Waals surface area contributed by atoms with Gasteiger partial charge >= 0.3 is 0 Å². The maximum atomic E-state index is 11.6. The van der Waals surface area contributed by atoms with E-state index in [-0.39, 0.29) is 18.6 Å². The Morgan fingerprint density at radius 2 is 2.15 bits per heavy atom. The molecule has 0 saturated heterocycles.